The lowest BCUT2D eigenvalue weighted by atomic mass is 10.1. The van der Waals surface area contributed by atoms with Crippen LogP contribution in [0.2, 0.25) is 13.1 Å². The maximum absolute atomic E-state index is 5.99. The predicted molar refractivity (Wildman–Crippen MR) is 57.6 cm³/mol. The van der Waals surface area contributed by atoms with Crippen LogP contribution in [0.3, 0.4) is 0 Å². The van der Waals surface area contributed by atoms with Crippen molar-refractivity contribution in [2.45, 2.75) is 19.2 Å². The van der Waals surface area contributed by atoms with Crippen molar-refractivity contribution in [2.24, 2.45) is 0 Å². The number of hydrogen-bond acceptors (Lipinski definition) is 1. The van der Waals surface area contributed by atoms with Crippen LogP contribution in [0.1, 0.15) is 11.7 Å². The molecule has 1 nitrogen and oxygen atoms in total. The van der Waals surface area contributed by atoms with Crippen molar-refractivity contribution in [2.75, 3.05) is 0 Å². The molecule has 2 heteroatoms. The summed E-state index contributed by atoms with van der Waals surface area (Å²) >= 11 is 0. The van der Waals surface area contributed by atoms with Gasteiger partial charge in [0.1, 0.15) is 0 Å². The molecule has 1 atom stereocenters. The Kier molecular flexibility index (Phi) is 1.89. The molecule has 0 spiro atoms. The second-order valence-electron chi connectivity index (χ2n) is 3.87. The van der Waals surface area contributed by atoms with E-state index in [1.807, 2.05) is 6.08 Å². The van der Waals surface area contributed by atoms with E-state index in [4.69, 9.17) is 4.43 Å². The SMILES string of the molecule is C=CC1O[Si](C)(C)c2ccccc21. The van der Waals surface area contributed by atoms with E-state index in [1.54, 1.807) is 0 Å². The van der Waals surface area contributed by atoms with Crippen LogP contribution in [0.15, 0.2) is 36.9 Å². The highest BCUT2D eigenvalue weighted by Crippen LogP contribution is 2.30. The Balaban J connectivity index is 2.56. The summed E-state index contributed by atoms with van der Waals surface area (Å²) in [6.07, 6.45) is 2.01. The van der Waals surface area contributed by atoms with Gasteiger partial charge in [0.05, 0.1) is 6.10 Å². The first-order valence-corrected chi connectivity index (χ1v) is 7.46. The summed E-state index contributed by atoms with van der Waals surface area (Å²) in [7, 11) is -1.62. The fourth-order valence-electron chi connectivity index (χ4n) is 1.91. The van der Waals surface area contributed by atoms with Crippen LogP contribution in [0.4, 0.5) is 0 Å². The second kappa shape index (κ2) is 2.82. The monoisotopic (exact) mass is 190 g/mol. The van der Waals surface area contributed by atoms with Crippen LogP contribution in [-0.4, -0.2) is 8.32 Å². The third-order valence-corrected chi connectivity index (χ3v) is 5.15. The molecule has 0 aliphatic carbocycles. The van der Waals surface area contributed by atoms with Crippen LogP contribution >= 0.6 is 0 Å². The smallest absolute Gasteiger partial charge is 0.219 e. The Bertz CT molecular complexity index is 344. The van der Waals surface area contributed by atoms with E-state index in [0.29, 0.717) is 0 Å². The van der Waals surface area contributed by atoms with Crippen molar-refractivity contribution < 1.29 is 4.43 Å². The average molecular weight is 190 g/mol. The molecule has 0 fully saturated rings. The van der Waals surface area contributed by atoms with Gasteiger partial charge >= 0.3 is 0 Å². The first kappa shape index (κ1) is 8.72. The predicted octanol–water partition coefficient (Wildman–Crippen LogP) is 2.36. The minimum absolute atomic E-state index is 0.123. The molecule has 0 N–H and O–H groups in total. The third-order valence-electron chi connectivity index (χ3n) is 2.55. The van der Waals surface area contributed by atoms with Gasteiger partial charge in [-0.1, -0.05) is 30.3 Å². The molecule has 0 saturated heterocycles. The third kappa shape index (κ3) is 1.26. The minimum Gasteiger partial charge on any atom is -0.403 e. The molecule has 1 aromatic rings. The molecular weight excluding hydrogens is 176 g/mol. The summed E-state index contributed by atoms with van der Waals surface area (Å²) in [5, 5.41) is 1.42. The van der Waals surface area contributed by atoms with Gasteiger partial charge in [-0.3, -0.25) is 0 Å². The molecule has 0 aromatic heterocycles. The Morgan fingerprint density at radius 2 is 2.08 bits per heavy atom. The first-order valence-electron chi connectivity index (χ1n) is 4.55. The number of hydrogen-bond donors (Lipinski definition) is 0. The van der Waals surface area contributed by atoms with Gasteiger partial charge in [0, 0.05) is 0 Å². The molecule has 0 amide bonds. The molecule has 2 rings (SSSR count). The molecule has 1 unspecified atom stereocenters. The number of rotatable bonds is 1. The van der Waals surface area contributed by atoms with Crippen LogP contribution in [0.5, 0.6) is 0 Å². The number of benzene rings is 1. The van der Waals surface area contributed by atoms with E-state index in [0.717, 1.165) is 0 Å². The molecular formula is C11H14OSi. The molecule has 0 bridgehead atoms. The van der Waals surface area contributed by atoms with Gasteiger partial charge in [-0.15, -0.1) is 6.58 Å². The van der Waals surface area contributed by atoms with Gasteiger partial charge < -0.3 is 4.43 Å². The largest absolute Gasteiger partial charge is 0.403 e. The van der Waals surface area contributed by atoms with E-state index in [2.05, 4.69) is 43.9 Å². The summed E-state index contributed by atoms with van der Waals surface area (Å²) in [4.78, 5) is 0. The Hall–Kier alpha value is -0.863. The fourth-order valence-corrected chi connectivity index (χ4v) is 4.32. The summed E-state index contributed by atoms with van der Waals surface area (Å²) in [5.74, 6) is 0. The van der Waals surface area contributed by atoms with Crippen molar-refractivity contribution in [1.82, 2.24) is 0 Å². The van der Waals surface area contributed by atoms with E-state index < -0.39 is 8.32 Å². The first-order chi connectivity index (χ1) is 6.15. The Morgan fingerprint density at radius 1 is 1.38 bits per heavy atom. The van der Waals surface area contributed by atoms with Gasteiger partial charge in [-0.25, -0.2) is 0 Å². The minimum atomic E-state index is -1.62. The van der Waals surface area contributed by atoms with Crippen molar-refractivity contribution in [1.29, 1.82) is 0 Å². The molecule has 0 radical (unpaired) electrons. The van der Waals surface area contributed by atoms with Gasteiger partial charge in [-0.05, 0) is 23.8 Å². The van der Waals surface area contributed by atoms with Crippen LogP contribution in [0.25, 0.3) is 0 Å². The highest BCUT2D eigenvalue weighted by molar-refractivity contribution is 6.85. The quantitative estimate of drug-likeness (QED) is 0.488. The highest BCUT2D eigenvalue weighted by atomic mass is 28.4. The summed E-state index contributed by atoms with van der Waals surface area (Å²) in [6.45, 7) is 8.27. The molecule has 0 saturated carbocycles. The van der Waals surface area contributed by atoms with E-state index in [1.165, 1.54) is 10.8 Å². The van der Waals surface area contributed by atoms with E-state index in [-0.39, 0.29) is 6.10 Å². The molecule has 1 heterocycles. The molecule has 1 aliphatic heterocycles. The standard InChI is InChI=1S/C11H14OSi/c1-4-10-9-7-5-6-8-11(9)13(2,3)12-10/h4-8,10H,1H2,2-3H3. The summed E-state index contributed by atoms with van der Waals surface area (Å²) in [5.41, 5.74) is 1.31. The zero-order valence-electron chi connectivity index (χ0n) is 8.08. The zero-order chi connectivity index (χ0) is 9.47. The van der Waals surface area contributed by atoms with Crippen LogP contribution < -0.4 is 5.19 Å². The second-order valence-corrected chi connectivity index (χ2v) is 7.67. The van der Waals surface area contributed by atoms with Crippen molar-refractivity contribution >= 4 is 13.5 Å². The molecule has 1 aliphatic rings. The summed E-state index contributed by atoms with van der Waals surface area (Å²) in [6, 6.07) is 8.48. The maximum atomic E-state index is 5.99. The maximum Gasteiger partial charge on any atom is 0.219 e. The molecule has 13 heavy (non-hydrogen) atoms. The van der Waals surface area contributed by atoms with Crippen molar-refractivity contribution in [3.8, 4) is 0 Å². The van der Waals surface area contributed by atoms with Gasteiger partial charge in [0.15, 0.2) is 0 Å². The summed E-state index contributed by atoms with van der Waals surface area (Å²) < 4.78 is 5.99. The van der Waals surface area contributed by atoms with Crippen molar-refractivity contribution in [3.05, 3.63) is 42.5 Å². The fraction of sp³-hybridized carbons (Fsp3) is 0.273. The topological polar surface area (TPSA) is 9.23 Å². The van der Waals surface area contributed by atoms with E-state index >= 15 is 0 Å². The van der Waals surface area contributed by atoms with Crippen molar-refractivity contribution in [3.63, 3.8) is 0 Å². The lowest BCUT2D eigenvalue weighted by Gasteiger charge is -2.16. The average Bonchev–Trinajstić information content (AvgIpc) is 2.39. The number of fused-ring (bicyclic) bond motifs is 1. The molecule has 1 aromatic carbocycles. The van der Waals surface area contributed by atoms with E-state index in [9.17, 15) is 0 Å². The lowest BCUT2D eigenvalue weighted by Crippen LogP contribution is -2.39. The van der Waals surface area contributed by atoms with Crippen LogP contribution in [0, 0.1) is 0 Å². The lowest BCUT2D eigenvalue weighted by molar-refractivity contribution is 0.268. The highest BCUT2D eigenvalue weighted by Gasteiger charge is 2.38. The Morgan fingerprint density at radius 3 is 2.77 bits per heavy atom. The molecule has 68 valence electrons. The van der Waals surface area contributed by atoms with Gasteiger partial charge in [0.2, 0.25) is 8.32 Å². The van der Waals surface area contributed by atoms with Gasteiger partial charge in [-0.2, -0.15) is 0 Å². The normalized spacial score (nSPS) is 24.0. The van der Waals surface area contributed by atoms with Gasteiger partial charge in [0.25, 0.3) is 0 Å². The van der Waals surface area contributed by atoms with Crippen LogP contribution in [-0.2, 0) is 4.43 Å². The zero-order valence-corrected chi connectivity index (χ0v) is 9.08. The Labute approximate surface area is 80.2 Å².